The van der Waals surface area contributed by atoms with Gasteiger partial charge in [0.15, 0.2) is 17.0 Å². The maximum Gasteiger partial charge on any atom is 0.170 e. The maximum absolute atomic E-state index is 4.87. The number of anilines is 1. The molecule has 174 valence electrons. The minimum atomic E-state index is 0.491. The number of aryl methyl sites for hydroxylation is 2. The summed E-state index contributed by atoms with van der Waals surface area (Å²) in [6.07, 6.45) is 7.38. The molecule has 0 N–H and O–H groups in total. The Kier molecular flexibility index (Phi) is 6.17. The molecule has 0 bridgehead atoms. The van der Waals surface area contributed by atoms with Gasteiger partial charge in [0, 0.05) is 18.0 Å². The average molecular weight is 470 g/mol. The molecule has 1 aliphatic rings. The van der Waals surface area contributed by atoms with Crippen molar-refractivity contribution < 1.29 is 0 Å². The van der Waals surface area contributed by atoms with Crippen molar-refractivity contribution in [2.45, 2.75) is 44.9 Å². The second kappa shape index (κ2) is 9.26. The second-order valence-corrected chi connectivity index (χ2v) is 10.1. The van der Waals surface area contributed by atoms with E-state index in [-0.39, 0.29) is 0 Å². The van der Waals surface area contributed by atoms with E-state index in [0.29, 0.717) is 5.92 Å². The van der Waals surface area contributed by atoms with Crippen molar-refractivity contribution in [3.63, 3.8) is 0 Å². The van der Waals surface area contributed by atoms with Crippen LogP contribution in [0.5, 0.6) is 0 Å². The van der Waals surface area contributed by atoms with E-state index in [0.717, 1.165) is 48.0 Å². The van der Waals surface area contributed by atoms with E-state index in [1.807, 2.05) is 13.3 Å². The first-order chi connectivity index (χ1) is 16.5. The van der Waals surface area contributed by atoms with Crippen molar-refractivity contribution in [1.82, 2.24) is 19.5 Å². The van der Waals surface area contributed by atoms with E-state index in [9.17, 15) is 0 Å². The minimum Gasteiger partial charge on any atom is -0.350 e. The van der Waals surface area contributed by atoms with Gasteiger partial charge in [-0.25, -0.2) is 15.0 Å². The molecule has 4 aromatic rings. The van der Waals surface area contributed by atoms with Gasteiger partial charge in [-0.2, -0.15) is 0 Å². The third kappa shape index (κ3) is 4.11. The van der Waals surface area contributed by atoms with E-state index in [1.165, 1.54) is 27.2 Å². The second-order valence-electron chi connectivity index (χ2n) is 9.22. The molecule has 2 aromatic heterocycles. The zero-order valence-corrected chi connectivity index (χ0v) is 21.4. The number of nitrogens with zero attached hydrogens (tertiary/aromatic N) is 5. The summed E-state index contributed by atoms with van der Waals surface area (Å²) in [6.45, 7) is 10.4. The molecule has 5 nitrogen and oxygen atoms in total. The number of imidazole rings is 1. The SMILES string of the molecule is CSc1cc(C(C)C)ccc1-n1cnc2c(N3CCC=C(c4ccccc4C)C3)nc(C)nc21. The van der Waals surface area contributed by atoms with Crippen LogP contribution >= 0.6 is 11.8 Å². The Balaban J connectivity index is 1.57. The largest absolute Gasteiger partial charge is 0.350 e. The molecule has 6 heteroatoms. The summed E-state index contributed by atoms with van der Waals surface area (Å²) >= 11 is 1.76. The van der Waals surface area contributed by atoms with Crippen LogP contribution in [0.4, 0.5) is 5.82 Å². The standard InChI is InChI=1S/C28H31N5S/c1-18(2)21-12-13-24(25(15-21)34-5)33-17-29-26-27(30-20(4)31-28(26)33)32-14-8-10-22(16-32)23-11-7-6-9-19(23)3/h6-7,9-13,15,17-18H,8,14,16H2,1-5H3. The highest BCUT2D eigenvalue weighted by atomic mass is 32.2. The molecular formula is C28H31N5S. The molecule has 0 fully saturated rings. The zero-order valence-electron chi connectivity index (χ0n) is 20.5. The van der Waals surface area contributed by atoms with Gasteiger partial charge in [0.1, 0.15) is 12.2 Å². The van der Waals surface area contributed by atoms with Gasteiger partial charge in [-0.15, -0.1) is 11.8 Å². The Morgan fingerprint density at radius 2 is 1.85 bits per heavy atom. The highest BCUT2D eigenvalue weighted by Gasteiger charge is 2.22. The monoisotopic (exact) mass is 469 g/mol. The van der Waals surface area contributed by atoms with Crippen LogP contribution in [-0.2, 0) is 0 Å². The van der Waals surface area contributed by atoms with Crippen LogP contribution in [0.15, 0.2) is 59.8 Å². The van der Waals surface area contributed by atoms with Crippen molar-refractivity contribution >= 4 is 34.3 Å². The number of aromatic nitrogens is 4. The number of fused-ring (bicyclic) bond motifs is 1. The molecule has 0 aliphatic carbocycles. The predicted molar refractivity (Wildman–Crippen MR) is 143 cm³/mol. The van der Waals surface area contributed by atoms with Gasteiger partial charge in [-0.05, 0) is 66.8 Å². The predicted octanol–water partition coefficient (Wildman–Crippen LogP) is 6.57. The maximum atomic E-state index is 4.87. The summed E-state index contributed by atoms with van der Waals surface area (Å²) < 4.78 is 2.12. The topological polar surface area (TPSA) is 46.8 Å². The van der Waals surface area contributed by atoms with Crippen LogP contribution in [0, 0.1) is 13.8 Å². The summed E-state index contributed by atoms with van der Waals surface area (Å²) in [5.74, 6) is 2.18. The number of hydrogen-bond acceptors (Lipinski definition) is 5. The van der Waals surface area contributed by atoms with Crippen LogP contribution in [0.2, 0.25) is 0 Å². The van der Waals surface area contributed by atoms with Crippen LogP contribution in [-0.4, -0.2) is 38.9 Å². The number of hydrogen-bond donors (Lipinski definition) is 0. The molecule has 0 saturated carbocycles. The van der Waals surface area contributed by atoms with E-state index >= 15 is 0 Å². The molecule has 34 heavy (non-hydrogen) atoms. The lowest BCUT2D eigenvalue weighted by molar-refractivity contribution is 0.812. The van der Waals surface area contributed by atoms with Gasteiger partial charge in [-0.3, -0.25) is 4.57 Å². The summed E-state index contributed by atoms with van der Waals surface area (Å²) in [6, 6.07) is 15.3. The van der Waals surface area contributed by atoms with Crippen molar-refractivity contribution in [2.75, 3.05) is 24.2 Å². The first kappa shape index (κ1) is 22.7. The van der Waals surface area contributed by atoms with Gasteiger partial charge in [-0.1, -0.05) is 50.3 Å². The summed E-state index contributed by atoms with van der Waals surface area (Å²) in [7, 11) is 0. The van der Waals surface area contributed by atoms with E-state index < -0.39 is 0 Å². The van der Waals surface area contributed by atoms with Crippen molar-refractivity contribution in [2.24, 2.45) is 0 Å². The molecule has 0 saturated heterocycles. The lowest BCUT2D eigenvalue weighted by atomic mass is 9.97. The molecule has 2 aromatic carbocycles. The fourth-order valence-corrected chi connectivity index (χ4v) is 5.32. The smallest absolute Gasteiger partial charge is 0.170 e. The molecular weight excluding hydrogens is 438 g/mol. The third-order valence-electron chi connectivity index (χ3n) is 6.56. The molecule has 0 amide bonds. The molecule has 0 atom stereocenters. The lowest BCUT2D eigenvalue weighted by Crippen LogP contribution is -2.30. The van der Waals surface area contributed by atoms with Gasteiger partial charge >= 0.3 is 0 Å². The Morgan fingerprint density at radius 1 is 1.03 bits per heavy atom. The Hall–Kier alpha value is -3.12. The molecule has 5 rings (SSSR count). The molecule has 3 heterocycles. The fraction of sp³-hybridized carbons (Fsp3) is 0.321. The lowest BCUT2D eigenvalue weighted by Gasteiger charge is -2.29. The first-order valence-corrected chi connectivity index (χ1v) is 13.1. The summed E-state index contributed by atoms with van der Waals surface area (Å²) in [5, 5.41) is 0. The zero-order chi connectivity index (χ0) is 23.8. The highest BCUT2D eigenvalue weighted by Crippen LogP contribution is 2.33. The van der Waals surface area contributed by atoms with Crippen LogP contribution in [0.25, 0.3) is 22.4 Å². The fourth-order valence-electron chi connectivity index (χ4n) is 4.69. The molecule has 0 radical (unpaired) electrons. The Labute approximate surface area is 206 Å². The Bertz CT molecular complexity index is 1390. The van der Waals surface area contributed by atoms with Crippen molar-refractivity contribution in [3.8, 4) is 5.69 Å². The number of thioether (sulfide) groups is 1. The molecule has 1 aliphatic heterocycles. The molecule has 0 unspecified atom stereocenters. The quantitative estimate of drug-likeness (QED) is 0.309. The van der Waals surface area contributed by atoms with Gasteiger partial charge in [0.2, 0.25) is 0 Å². The third-order valence-corrected chi connectivity index (χ3v) is 7.33. The van der Waals surface area contributed by atoms with Crippen molar-refractivity contribution in [3.05, 3.63) is 77.4 Å². The Morgan fingerprint density at radius 3 is 2.62 bits per heavy atom. The van der Waals surface area contributed by atoms with Crippen LogP contribution in [0.3, 0.4) is 0 Å². The van der Waals surface area contributed by atoms with Gasteiger partial charge in [0.05, 0.1) is 5.69 Å². The number of rotatable bonds is 5. The van der Waals surface area contributed by atoms with Crippen molar-refractivity contribution in [1.29, 1.82) is 0 Å². The highest BCUT2D eigenvalue weighted by molar-refractivity contribution is 7.98. The van der Waals surface area contributed by atoms with E-state index in [4.69, 9.17) is 15.0 Å². The van der Waals surface area contributed by atoms with Crippen LogP contribution < -0.4 is 4.90 Å². The minimum absolute atomic E-state index is 0.491. The first-order valence-electron chi connectivity index (χ1n) is 11.9. The van der Waals surface area contributed by atoms with E-state index in [1.54, 1.807) is 11.8 Å². The van der Waals surface area contributed by atoms with Crippen LogP contribution in [0.1, 0.15) is 48.7 Å². The molecule has 0 spiro atoms. The summed E-state index contributed by atoms with van der Waals surface area (Å²) in [5.41, 5.74) is 8.14. The average Bonchev–Trinajstić information content (AvgIpc) is 3.27. The van der Waals surface area contributed by atoms with Gasteiger partial charge < -0.3 is 4.90 Å². The summed E-state index contributed by atoms with van der Waals surface area (Å²) in [4.78, 5) is 18.1. The number of benzene rings is 2. The van der Waals surface area contributed by atoms with E-state index in [2.05, 4.69) is 85.0 Å². The van der Waals surface area contributed by atoms with Gasteiger partial charge in [0.25, 0.3) is 0 Å². The normalized spacial score (nSPS) is 14.2.